The minimum absolute atomic E-state index is 0.207. The van der Waals surface area contributed by atoms with E-state index in [1.54, 1.807) is 16.2 Å². The standard InChI is InChI=1S/C20H24N2OS2/c23-19(20(7-1-2-8-20)18-4-3-10-25-18)22-13-16(14-22)21-9-5-17-15(12-21)6-11-24-17/h3-4,6,10-11,16H,1-2,5,7-9,12-14H2. The van der Waals surface area contributed by atoms with E-state index >= 15 is 0 Å². The summed E-state index contributed by atoms with van der Waals surface area (Å²) in [5.41, 5.74) is 1.30. The van der Waals surface area contributed by atoms with Crippen molar-refractivity contribution in [1.29, 1.82) is 0 Å². The van der Waals surface area contributed by atoms with Crippen LogP contribution >= 0.6 is 22.7 Å². The number of hydrogen-bond donors (Lipinski definition) is 0. The molecular formula is C20H24N2OS2. The molecule has 0 bridgehead atoms. The maximum Gasteiger partial charge on any atom is 0.234 e. The molecule has 5 heteroatoms. The molecule has 2 aromatic heterocycles. The van der Waals surface area contributed by atoms with Gasteiger partial charge >= 0.3 is 0 Å². The quantitative estimate of drug-likeness (QED) is 0.816. The highest BCUT2D eigenvalue weighted by molar-refractivity contribution is 7.10. The van der Waals surface area contributed by atoms with Crippen molar-refractivity contribution in [2.45, 2.75) is 50.1 Å². The number of carbonyl (C=O) groups excluding carboxylic acids is 1. The van der Waals surface area contributed by atoms with Gasteiger partial charge in [-0.2, -0.15) is 0 Å². The Labute approximate surface area is 157 Å². The lowest BCUT2D eigenvalue weighted by Gasteiger charge is -2.49. The summed E-state index contributed by atoms with van der Waals surface area (Å²) in [7, 11) is 0. The molecule has 5 rings (SSSR count). The van der Waals surface area contributed by atoms with E-state index in [-0.39, 0.29) is 5.41 Å². The fraction of sp³-hybridized carbons (Fsp3) is 0.550. The molecule has 1 amide bonds. The van der Waals surface area contributed by atoms with Gasteiger partial charge in [-0.25, -0.2) is 0 Å². The van der Waals surface area contributed by atoms with Crippen LogP contribution in [0.25, 0.3) is 0 Å². The molecule has 1 aliphatic carbocycles. The van der Waals surface area contributed by atoms with Crippen molar-refractivity contribution in [3.05, 3.63) is 44.3 Å². The summed E-state index contributed by atoms with van der Waals surface area (Å²) < 4.78 is 0. The normalized spacial score (nSPS) is 23.4. The molecular weight excluding hydrogens is 348 g/mol. The van der Waals surface area contributed by atoms with Crippen LogP contribution in [0.15, 0.2) is 29.0 Å². The van der Waals surface area contributed by atoms with Crippen LogP contribution in [0, 0.1) is 0 Å². The number of likely N-dealkylation sites (tertiary alicyclic amines) is 1. The lowest BCUT2D eigenvalue weighted by Crippen LogP contribution is -2.64. The summed E-state index contributed by atoms with van der Waals surface area (Å²) >= 11 is 3.66. The van der Waals surface area contributed by atoms with Crippen molar-refractivity contribution in [1.82, 2.24) is 9.80 Å². The Balaban J connectivity index is 1.27. The van der Waals surface area contributed by atoms with E-state index in [1.807, 2.05) is 11.3 Å². The summed E-state index contributed by atoms with van der Waals surface area (Å²) in [5.74, 6) is 0.400. The van der Waals surface area contributed by atoms with Crippen LogP contribution in [0.3, 0.4) is 0 Å². The van der Waals surface area contributed by atoms with Crippen molar-refractivity contribution >= 4 is 28.6 Å². The molecule has 1 saturated carbocycles. The minimum Gasteiger partial charge on any atom is -0.339 e. The predicted octanol–water partition coefficient (Wildman–Crippen LogP) is 3.89. The highest BCUT2D eigenvalue weighted by atomic mass is 32.1. The maximum absolute atomic E-state index is 13.3. The van der Waals surface area contributed by atoms with Crippen molar-refractivity contribution in [3.63, 3.8) is 0 Å². The molecule has 0 N–H and O–H groups in total. The lowest BCUT2D eigenvalue weighted by atomic mass is 9.81. The Morgan fingerprint density at radius 1 is 1.12 bits per heavy atom. The highest BCUT2D eigenvalue weighted by Gasteiger charge is 2.49. The zero-order chi connectivity index (χ0) is 16.9. The number of amides is 1. The van der Waals surface area contributed by atoms with Crippen LogP contribution in [0.4, 0.5) is 0 Å². The van der Waals surface area contributed by atoms with Gasteiger partial charge in [0.1, 0.15) is 0 Å². The Bertz CT molecular complexity index is 755. The minimum atomic E-state index is -0.207. The fourth-order valence-electron chi connectivity index (χ4n) is 4.83. The van der Waals surface area contributed by atoms with Gasteiger partial charge < -0.3 is 4.90 Å². The Morgan fingerprint density at radius 2 is 1.96 bits per heavy atom. The smallest absolute Gasteiger partial charge is 0.234 e. The molecule has 0 unspecified atom stereocenters. The van der Waals surface area contributed by atoms with Gasteiger partial charge in [0, 0.05) is 42.0 Å². The molecule has 25 heavy (non-hydrogen) atoms. The fourth-order valence-corrected chi connectivity index (χ4v) is 6.70. The van der Waals surface area contributed by atoms with E-state index < -0.39 is 0 Å². The zero-order valence-corrected chi connectivity index (χ0v) is 16.1. The van der Waals surface area contributed by atoms with Gasteiger partial charge in [-0.05, 0) is 47.7 Å². The number of fused-ring (bicyclic) bond motifs is 1. The largest absolute Gasteiger partial charge is 0.339 e. The van der Waals surface area contributed by atoms with Crippen molar-refractivity contribution in [2.24, 2.45) is 0 Å². The van der Waals surface area contributed by atoms with E-state index in [0.717, 1.165) is 39.0 Å². The molecule has 0 aromatic carbocycles. The first kappa shape index (κ1) is 16.0. The number of hydrogen-bond acceptors (Lipinski definition) is 4. The van der Waals surface area contributed by atoms with Gasteiger partial charge in [-0.1, -0.05) is 18.9 Å². The van der Waals surface area contributed by atoms with Gasteiger partial charge in [0.15, 0.2) is 0 Å². The van der Waals surface area contributed by atoms with Gasteiger partial charge in [0.25, 0.3) is 0 Å². The highest BCUT2D eigenvalue weighted by Crippen LogP contribution is 2.45. The third-order valence-electron chi connectivity index (χ3n) is 6.36. The summed E-state index contributed by atoms with van der Waals surface area (Å²) in [6.45, 7) is 4.06. The Hall–Kier alpha value is -1.17. The average molecular weight is 373 g/mol. The van der Waals surface area contributed by atoms with Crippen molar-refractivity contribution in [2.75, 3.05) is 19.6 Å². The van der Waals surface area contributed by atoms with Crippen molar-refractivity contribution in [3.8, 4) is 0 Å². The van der Waals surface area contributed by atoms with Gasteiger partial charge in [0.2, 0.25) is 5.91 Å². The third-order valence-corrected chi connectivity index (χ3v) is 8.46. The lowest BCUT2D eigenvalue weighted by molar-refractivity contribution is -0.145. The molecule has 4 heterocycles. The monoisotopic (exact) mass is 372 g/mol. The van der Waals surface area contributed by atoms with Crippen LogP contribution in [0.5, 0.6) is 0 Å². The summed E-state index contributed by atoms with van der Waals surface area (Å²) in [6, 6.07) is 7.10. The molecule has 132 valence electrons. The predicted molar refractivity (Wildman–Crippen MR) is 103 cm³/mol. The summed E-state index contributed by atoms with van der Waals surface area (Å²) in [5, 5.41) is 4.34. The number of nitrogens with zero attached hydrogens (tertiary/aromatic N) is 2. The first-order valence-electron chi connectivity index (χ1n) is 9.39. The van der Waals surface area contributed by atoms with Gasteiger partial charge in [-0.15, -0.1) is 22.7 Å². The molecule has 0 spiro atoms. The maximum atomic E-state index is 13.3. The molecule has 2 fully saturated rings. The van der Waals surface area contributed by atoms with E-state index in [1.165, 1.54) is 29.7 Å². The van der Waals surface area contributed by atoms with Gasteiger partial charge in [0.05, 0.1) is 5.41 Å². The summed E-state index contributed by atoms with van der Waals surface area (Å²) in [6.07, 6.45) is 5.63. The van der Waals surface area contributed by atoms with Crippen LogP contribution in [-0.2, 0) is 23.2 Å². The van der Waals surface area contributed by atoms with E-state index in [2.05, 4.69) is 38.8 Å². The Kier molecular flexibility index (Phi) is 3.99. The second-order valence-electron chi connectivity index (χ2n) is 7.72. The molecule has 0 radical (unpaired) electrons. The molecule has 3 aliphatic rings. The summed E-state index contributed by atoms with van der Waals surface area (Å²) in [4.78, 5) is 20.9. The molecule has 3 nitrogen and oxygen atoms in total. The van der Waals surface area contributed by atoms with E-state index in [4.69, 9.17) is 0 Å². The van der Waals surface area contributed by atoms with Crippen LogP contribution in [0.1, 0.15) is 41.0 Å². The second kappa shape index (κ2) is 6.22. The van der Waals surface area contributed by atoms with Crippen LogP contribution < -0.4 is 0 Å². The van der Waals surface area contributed by atoms with Gasteiger partial charge in [-0.3, -0.25) is 9.69 Å². The molecule has 2 aromatic rings. The average Bonchev–Trinajstić information content (AvgIpc) is 3.33. The molecule has 0 atom stereocenters. The van der Waals surface area contributed by atoms with E-state index in [9.17, 15) is 4.79 Å². The molecule has 1 saturated heterocycles. The zero-order valence-electron chi connectivity index (χ0n) is 14.4. The molecule has 2 aliphatic heterocycles. The Morgan fingerprint density at radius 3 is 2.72 bits per heavy atom. The number of carbonyl (C=O) groups is 1. The first-order valence-corrected chi connectivity index (χ1v) is 11.1. The van der Waals surface area contributed by atoms with E-state index in [0.29, 0.717) is 11.9 Å². The third kappa shape index (κ3) is 2.59. The van der Waals surface area contributed by atoms with Crippen molar-refractivity contribution < 1.29 is 4.79 Å². The topological polar surface area (TPSA) is 23.6 Å². The number of rotatable bonds is 3. The van der Waals surface area contributed by atoms with Crippen LogP contribution in [0.2, 0.25) is 0 Å². The first-order chi connectivity index (χ1) is 12.3. The SMILES string of the molecule is O=C(N1CC(N2CCc3sccc3C2)C1)C1(c2cccs2)CCCC1. The van der Waals surface area contributed by atoms with Crippen LogP contribution in [-0.4, -0.2) is 41.4 Å². The second-order valence-corrected chi connectivity index (χ2v) is 9.67. The number of thiophene rings is 2.